The van der Waals surface area contributed by atoms with Gasteiger partial charge in [-0.2, -0.15) is 0 Å². The lowest BCUT2D eigenvalue weighted by Gasteiger charge is -2.27. The van der Waals surface area contributed by atoms with E-state index in [0.717, 1.165) is 12.8 Å². The second-order valence-electron chi connectivity index (χ2n) is 4.21. The van der Waals surface area contributed by atoms with E-state index in [0.29, 0.717) is 25.3 Å². The molecule has 0 aromatic carbocycles. The van der Waals surface area contributed by atoms with Gasteiger partial charge in [-0.3, -0.25) is 4.90 Å². The summed E-state index contributed by atoms with van der Waals surface area (Å²) in [6, 6.07) is -1.01. The van der Waals surface area contributed by atoms with E-state index >= 15 is 0 Å². The quantitative estimate of drug-likeness (QED) is 0.619. The van der Waals surface area contributed by atoms with Crippen molar-refractivity contribution in [2.45, 2.75) is 37.6 Å². The Hall–Kier alpha value is -0.950. The molecule has 0 saturated carbocycles. The molecular formula is C11H21N3O3S. The maximum Gasteiger partial charge on any atom is 0.327 e. The molecule has 104 valence electrons. The topological polar surface area (TPSA) is 95.7 Å². The van der Waals surface area contributed by atoms with Crippen molar-refractivity contribution in [1.29, 1.82) is 0 Å². The molecule has 2 unspecified atom stereocenters. The van der Waals surface area contributed by atoms with Gasteiger partial charge in [0.15, 0.2) is 0 Å². The van der Waals surface area contributed by atoms with Crippen molar-refractivity contribution in [3.8, 4) is 0 Å². The monoisotopic (exact) mass is 275 g/mol. The van der Waals surface area contributed by atoms with Crippen LogP contribution in [0.3, 0.4) is 0 Å². The van der Waals surface area contributed by atoms with Crippen LogP contribution in [-0.2, 0) is 4.79 Å². The summed E-state index contributed by atoms with van der Waals surface area (Å²) in [4.78, 5) is 24.6. The first-order chi connectivity index (χ1) is 8.61. The minimum atomic E-state index is -0.935. The minimum absolute atomic E-state index is 0.0334. The van der Waals surface area contributed by atoms with Crippen molar-refractivity contribution in [2.24, 2.45) is 5.73 Å². The van der Waals surface area contributed by atoms with E-state index in [9.17, 15) is 9.59 Å². The molecule has 0 spiro atoms. The summed E-state index contributed by atoms with van der Waals surface area (Å²) in [6.07, 6.45) is 2.44. The number of amides is 2. The summed E-state index contributed by atoms with van der Waals surface area (Å²) in [6.45, 7) is 3.02. The summed E-state index contributed by atoms with van der Waals surface area (Å²) >= 11 is 1.54. The molecule has 0 radical (unpaired) electrons. The van der Waals surface area contributed by atoms with Gasteiger partial charge in [0, 0.05) is 12.3 Å². The highest BCUT2D eigenvalue weighted by Crippen LogP contribution is 2.32. The van der Waals surface area contributed by atoms with Crippen molar-refractivity contribution in [3.63, 3.8) is 0 Å². The summed E-state index contributed by atoms with van der Waals surface area (Å²) < 4.78 is 0. The van der Waals surface area contributed by atoms with Crippen LogP contribution in [0.1, 0.15) is 26.2 Å². The van der Waals surface area contributed by atoms with Gasteiger partial charge in [-0.15, -0.1) is 11.8 Å². The van der Waals surface area contributed by atoms with E-state index in [1.807, 2.05) is 6.92 Å². The number of nitrogens with zero attached hydrogens (tertiary/aromatic N) is 1. The van der Waals surface area contributed by atoms with E-state index in [2.05, 4.69) is 5.32 Å². The van der Waals surface area contributed by atoms with Gasteiger partial charge < -0.3 is 16.2 Å². The lowest BCUT2D eigenvalue weighted by molar-refractivity contribution is -0.141. The number of carboxylic acid groups (broad SMARTS) is 1. The van der Waals surface area contributed by atoms with Crippen LogP contribution in [0.25, 0.3) is 0 Å². The molecule has 0 bridgehead atoms. The largest absolute Gasteiger partial charge is 0.480 e. The highest BCUT2D eigenvalue weighted by atomic mass is 32.2. The van der Waals surface area contributed by atoms with Gasteiger partial charge in [0.25, 0.3) is 0 Å². The van der Waals surface area contributed by atoms with Crippen LogP contribution in [0.2, 0.25) is 0 Å². The zero-order valence-electron chi connectivity index (χ0n) is 10.6. The van der Waals surface area contributed by atoms with Crippen LogP contribution >= 0.6 is 11.8 Å². The number of hydrogen-bond donors (Lipinski definition) is 3. The lowest BCUT2D eigenvalue weighted by atomic mass is 10.2. The smallest absolute Gasteiger partial charge is 0.327 e. The molecule has 6 nitrogen and oxygen atoms in total. The predicted octanol–water partition coefficient (Wildman–Crippen LogP) is 0.673. The van der Waals surface area contributed by atoms with E-state index < -0.39 is 12.0 Å². The number of carbonyl (C=O) groups excluding carboxylic acids is 1. The predicted molar refractivity (Wildman–Crippen MR) is 71.5 cm³/mol. The Kier molecular flexibility index (Phi) is 6.28. The second kappa shape index (κ2) is 7.48. The molecule has 0 aromatic rings. The third-order valence-corrected chi connectivity index (χ3v) is 4.16. The molecule has 1 aliphatic heterocycles. The molecule has 2 amide bonds. The number of thioether (sulfide) groups is 1. The van der Waals surface area contributed by atoms with Gasteiger partial charge in [-0.1, -0.05) is 13.3 Å². The van der Waals surface area contributed by atoms with Crippen molar-refractivity contribution in [3.05, 3.63) is 0 Å². The number of nitrogens with two attached hydrogens (primary N) is 1. The number of hydrogen-bond acceptors (Lipinski definition) is 4. The molecule has 1 fully saturated rings. The van der Waals surface area contributed by atoms with Crippen LogP contribution in [-0.4, -0.2) is 52.3 Å². The molecule has 1 saturated heterocycles. The Morgan fingerprint density at radius 1 is 1.56 bits per heavy atom. The Morgan fingerprint density at radius 2 is 2.28 bits per heavy atom. The highest BCUT2D eigenvalue weighted by Gasteiger charge is 2.40. The number of aliphatic carboxylic acids is 1. The molecule has 4 N–H and O–H groups in total. The molecule has 0 aliphatic carbocycles. The van der Waals surface area contributed by atoms with E-state index in [1.165, 1.54) is 16.7 Å². The zero-order valence-corrected chi connectivity index (χ0v) is 11.4. The molecule has 1 heterocycles. The Bertz CT molecular complexity index is 301. The average molecular weight is 275 g/mol. The van der Waals surface area contributed by atoms with Gasteiger partial charge in [-0.25, -0.2) is 9.59 Å². The SMILES string of the molecule is CCCC1SCC(C(=O)O)N1C(=O)NCCCN. The molecule has 0 aromatic heterocycles. The average Bonchev–Trinajstić information content (AvgIpc) is 2.73. The van der Waals surface area contributed by atoms with Gasteiger partial charge in [0.05, 0.1) is 5.37 Å². The summed E-state index contributed by atoms with van der Waals surface area (Å²) in [5.74, 6) is -0.473. The maximum absolute atomic E-state index is 12.0. The summed E-state index contributed by atoms with van der Waals surface area (Å²) in [5.41, 5.74) is 5.36. The van der Waals surface area contributed by atoms with Crippen LogP contribution in [0.15, 0.2) is 0 Å². The Morgan fingerprint density at radius 3 is 2.83 bits per heavy atom. The zero-order chi connectivity index (χ0) is 13.5. The number of nitrogens with one attached hydrogen (secondary N) is 1. The normalized spacial score (nSPS) is 23.1. The van der Waals surface area contributed by atoms with Crippen LogP contribution in [0.5, 0.6) is 0 Å². The minimum Gasteiger partial charge on any atom is -0.480 e. The van der Waals surface area contributed by atoms with E-state index in [1.54, 1.807) is 0 Å². The highest BCUT2D eigenvalue weighted by molar-refractivity contribution is 8.00. The molecule has 1 rings (SSSR count). The lowest BCUT2D eigenvalue weighted by Crippen LogP contribution is -2.50. The Labute approximate surface area is 111 Å². The fraction of sp³-hybridized carbons (Fsp3) is 0.818. The molecular weight excluding hydrogens is 254 g/mol. The first kappa shape index (κ1) is 15.1. The van der Waals surface area contributed by atoms with Crippen LogP contribution in [0.4, 0.5) is 4.79 Å². The van der Waals surface area contributed by atoms with Gasteiger partial charge in [-0.05, 0) is 19.4 Å². The van der Waals surface area contributed by atoms with Gasteiger partial charge in [0.2, 0.25) is 0 Å². The van der Waals surface area contributed by atoms with Gasteiger partial charge in [0.1, 0.15) is 6.04 Å². The van der Waals surface area contributed by atoms with Gasteiger partial charge >= 0.3 is 12.0 Å². The number of rotatable bonds is 6. The number of carbonyl (C=O) groups is 2. The summed E-state index contributed by atoms with van der Waals surface area (Å²) in [5, 5.41) is 11.8. The number of carboxylic acids is 1. The standard InChI is InChI=1S/C11H21N3O3S/c1-2-4-9-14(8(7-18-9)10(15)16)11(17)13-6-3-5-12/h8-9H,2-7,12H2,1H3,(H,13,17)(H,15,16). The third kappa shape index (κ3) is 3.78. The van der Waals surface area contributed by atoms with Crippen molar-refractivity contribution < 1.29 is 14.7 Å². The third-order valence-electron chi connectivity index (χ3n) is 2.80. The number of urea groups is 1. The molecule has 7 heteroatoms. The van der Waals surface area contributed by atoms with Crippen LogP contribution in [0, 0.1) is 0 Å². The fourth-order valence-corrected chi connectivity index (χ4v) is 3.40. The summed E-state index contributed by atoms with van der Waals surface area (Å²) in [7, 11) is 0. The van der Waals surface area contributed by atoms with Crippen molar-refractivity contribution in [1.82, 2.24) is 10.2 Å². The second-order valence-corrected chi connectivity index (χ2v) is 5.42. The van der Waals surface area contributed by atoms with Crippen molar-refractivity contribution >= 4 is 23.8 Å². The molecule has 2 atom stereocenters. The first-order valence-electron chi connectivity index (χ1n) is 6.22. The van der Waals surface area contributed by atoms with Crippen molar-refractivity contribution in [2.75, 3.05) is 18.8 Å². The Balaban J connectivity index is 2.63. The van der Waals surface area contributed by atoms with Crippen LogP contribution < -0.4 is 11.1 Å². The first-order valence-corrected chi connectivity index (χ1v) is 7.27. The maximum atomic E-state index is 12.0. The molecule has 18 heavy (non-hydrogen) atoms. The fourth-order valence-electron chi connectivity index (χ4n) is 1.88. The molecule has 1 aliphatic rings. The van der Waals surface area contributed by atoms with E-state index in [4.69, 9.17) is 10.8 Å². The van der Waals surface area contributed by atoms with E-state index in [-0.39, 0.29) is 11.4 Å².